The van der Waals surface area contributed by atoms with Crippen molar-refractivity contribution in [1.82, 2.24) is 5.53 Å². The van der Waals surface area contributed by atoms with E-state index in [0.717, 1.165) is 11.4 Å². The van der Waals surface area contributed by atoms with Crippen LogP contribution in [0, 0.1) is 4.91 Å². The topological polar surface area (TPSA) is 53.4 Å². The van der Waals surface area contributed by atoms with Crippen molar-refractivity contribution < 1.29 is 9.61 Å². The molecule has 2 aromatic carbocycles. The predicted octanol–water partition coefficient (Wildman–Crippen LogP) is 3.03. The third-order valence-electron chi connectivity index (χ3n) is 2.46. The Morgan fingerprint density at radius 1 is 1.05 bits per heavy atom. The van der Waals surface area contributed by atoms with Gasteiger partial charge in [0.15, 0.2) is 4.87 Å². The van der Waals surface area contributed by atoms with Gasteiger partial charge < -0.3 is 4.74 Å². The molecule has 5 nitrogen and oxygen atoms in total. The molecule has 0 spiro atoms. The minimum atomic E-state index is 0.529. The number of hydrogen-bond donors (Lipinski definition) is 2. The van der Waals surface area contributed by atoms with Gasteiger partial charge in [0.1, 0.15) is 5.75 Å². The van der Waals surface area contributed by atoms with Crippen molar-refractivity contribution in [3.05, 3.63) is 59.5 Å². The van der Waals surface area contributed by atoms with Crippen molar-refractivity contribution >= 4 is 11.4 Å². The van der Waals surface area contributed by atoms with Crippen LogP contribution in [0.4, 0.5) is 11.4 Å². The summed E-state index contributed by atoms with van der Waals surface area (Å²) in [5.74, 6) is 0.801. The van der Waals surface area contributed by atoms with Gasteiger partial charge in [0.2, 0.25) is 0 Å². The molecule has 0 saturated heterocycles. The minimum absolute atomic E-state index is 0.529. The number of anilines is 1. The Hall–Kier alpha value is -2.56. The number of nitroso groups, excluding NO2 is 1. The zero-order valence-corrected chi connectivity index (χ0v) is 10.7. The number of para-hydroxylation sites is 1. The molecule has 0 atom stereocenters. The molecule has 0 fully saturated rings. The first-order chi connectivity index (χ1) is 9.29. The fraction of sp³-hybridized carbons (Fsp3) is 0.143. The number of benzene rings is 2. The number of hydrogen-bond acceptors (Lipinski definition) is 3. The van der Waals surface area contributed by atoms with E-state index in [9.17, 15) is 4.91 Å². The predicted molar refractivity (Wildman–Crippen MR) is 74.1 cm³/mol. The maximum absolute atomic E-state index is 11.7. The highest BCUT2D eigenvalue weighted by molar-refractivity contribution is 5.45. The van der Waals surface area contributed by atoms with Crippen molar-refractivity contribution in [3.63, 3.8) is 0 Å². The Morgan fingerprint density at radius 3 is 2.37 bits per heavy atom. The van der Waals surface area contributed by atoms with E-state index in [-0.39, 0.29) is 0 Å². The van der Waals surface area contributed by atoms with Gasteiger partial charge in [0.25, 0.3) is 5.69 Å². The van der Waals surface area contributed by atoms with Crippen molar-refractivity contribution in [2.45, 2.75) is 6.92 Å². The fourth-order valence-corrected chi connectivity index (χ4v) is 1.54. The second-order valence-electron chi connectivity index (χ2n) is 3.82. The van der Waals surface area contributed by atoms with Gasteiger partial charge >= 0.3 is 0 Å². The zero-order chi connectivity index (χ0) is 13.5. The van der Waals surface area contributed by atoms with Gasteiger partial charge in [-0.05, 0) is 31.2 Å². The highest BCUT2D eigenvalue weighted by Crippen LogP contribution is 2.15. The summed E-state index contributed by atoms with van der Waals surface area (Å²) in [6, 6.07) is 16.2. The molecule has 0 aromatic heterocycles. The molecule has 98 valence electrons. The van der Waals surface area contributed by atoms with Crippen LogP contribution in [0.5, 0.6) is 5.75 Å². The van der Waals surface area contributed by atoms with E-state index in [4.69, 9.17) is 4.74 Å². The molecular formula is C14H16N3O2+. The summed E-state index contributed by atoms with van der Waals surface area (Å²) in [4.78, 5) is 12.4. The first kappa shape index (κ1) is 12.9. The Labute approximate surface area is 111 Å². The Bertz CT molecular complexity index is 526. The molecule has 0 radical (unpaired) electrons. The molecule has 0 aliphatic heterocycles. The second-order valence-corrected chi connectivity index (χ2v) is 3.82. The van der Waals surface area contributed by atoms with Gasteiger partial charge in [-0.1, -0.05) is 23.7 Å². The third-order valence-corrected chi connectivity index (χ3v) is 2.46. The molecule has 0 saturated carbocycles. The molecule has 19 heavy (non-hydrogen) atoms. The van der Waals surface area contributed by atoms with Gasteiger partial charge in [0.05, 0.1) is 17.2 Å². The lowest BCUT2D eigenvalue weighted by molar-refractivity contribution is -0.522. The summed E-state index contributed by atoms with van der Waals surface area (Å²) in [6.45, 7) is 2.57. The summed E-state index contributed by atoms with van der Waals surface area (Å²) < 4.78 is 5.34. The quantitative estimate of drug-likeness (QED) is 0.617. The zero-order valence-electron chi connectivity index (χ0n) is 10.7. The van der Waals surface area contributed by atoms with Gasteiger partial charge in [-0.2, -0.15) is 0 Å². The number of nitrogens with one attached hydrogen (secondary N) is 2. The molecule has 0 bridgehead atoms. The highest BCUT2D eigenvalue weighted by Gasteiger charge is 2.11. The molecule has 2 aromatic rings. The molecule has 2 rings (SSSR count). The van der Waals surface area contributed by atoms with Crippen molar-refractivity contribution in [1.29, 1.82) is 0 Å². The molecule has 0 amide bonds. The number of nitrogens with zero attached hydrogens (tertiary/aromatic N) is 1. The van der Waals surface area contributed by atoms with Gasteiger partial charge in [-0.15, -0.1) is 0 Å². The van der Waals surface area contributed by atoms with Crippen LogP contribution >= 0.6 is 0 Å². The van der Waals surface area contributed by atoms with Crippen LogP contribution in [-0.4, -0.2) is 11.5 Å². The summed E-state index contributed by atoms with van der Waals surface area (Å²) in [6.07, 6.45) is 0. The van der Waals surface area contributed by atoms with E-state index in [0.29, 0.717) is 17.2 Å². The van der Waals surface area contributed by atoms with Crippen molar-refractivity contribution in [2.75, 3.05) is 12.0 Å². The Balaban J connectivity index is 1.90. The highest BCUT2D eigenvalue weighted by atomic mass is 16.5. The second kappa shape index (κ2) is 6.39. The molecule has 2 N–H and O–H groups in total. The largest absolute Gasteiger partial charge is 0.494 e. The molecule has 0 aliphatic rings. The summed E-state index contributed by atoms with van der Waals surface area (Å²) >= 11 is 0. The third kappa shape index (κ3) is 3.70. The first-order valence-electron chi connectivity index (χ1n) is 6.06. The van der Waals surface area contributed by atoms with Gasteiger partial charge in [-0.3, -0.25) is 0 Å². The molecule has 0 aliphatic carbocycles. The van der Waals surface area contributed by atoms with Crippen molar-refractivity contribution in [2.24, 2.45) is 0 Å². The van der Waals surface area contributed by atoms with E-state index < -0.39 is 0 Å². The molecule has 5 heteroatoms. The standard InChI is InChI=1S/C14H16N3O2/c1-2-19-14-10-8-12(9-11-14)15-16-17(18)13-6-4-3-5-7-13/h3-11,15H,2H2,1H3,(H,16,18)/q+1. The summed E-state index contributed by atoms with van der Waals surface area (Å²) in [7, 11) is 0. The normalized spacial score (nSPS) is 9.74. The monoisotopic (exact) mass is 258 g/mol. The average molecular weight is 258 g/mol. The molecular weight excluding hydrogens is 242 g/mol. The van der Waals surface area contributed by atoms with Gasteiger partial charge in [-0.25, -0.2) is 5.43 Å². The lowest BCUT2D eigenvalue weighted by atomic mass is 10.3. The van der Waals surface area contributed by atoms with Crippen LogP contribution in [0.2, 0.25) is 0 Å². The van der Waals surface area contributed by atoms with Gasteiger partial charge in [0, 0.05) is 12.1 Å². The summed E-state index contributed by atoms with van der Waals surface area (Å²) in [5.41, 5.74) is 6.68. The van der Waals surface area contributed by atoms with E-state index in [1.807, 2.05) is 37.3 Å². The SMILES string of the molecule is CCOc1ccc(NN[N+](=O)c2ccccc2)cc1. The number of ether oxygens (including phenoxy) is 1. The Kier molecular flexibility index (Phi) is 4.34. The fourth-order valence-electron chi connectivity index (χ4n) is 1.54. The lowest BCUT2D eigenvalue weighted by Gasteiger charge is -2.05. The maximum Gasteiger partial charge on any atom is 0.294 e. The average Bonchev–Trinajstić information content (AvgIpc) is 2.47. The van der Waals surface area contributed by atoms with Crippen LogP contribution in [-0.2, 0) is 0 Å². The minimum Gasteiger partial charge on any atom is -0.494 e. The Morgan fingerprint density at radius 2 is 1.74 bits per heavy atom. The lowest BCUT2D eigenvalue weighted by Crippen LogP contribution is -2.28. The van der Waals surface area contributed by atoms with E-state index in [1.165, 1.54) is 0 Å². The van der Waals surface area contributed by atoms with E-state index in [2.05, 4.69) is 11.0 Å². The number of rotatable bonds is 6. The molecule has 0 heterocycles. The van der Waals surface area contributed by atoms with Crippen LogP contribution in [0.3, 0.4) is 0 Å². The van der Waals surface area contributed by atoms with E-state index >= 15 is 0 Å². The summed E-state index contributed by atoms with van der Waals surface area (Å²) in [5, 5.41) is 0. The van der Waals surface area contributed by atoms with Crippen LogP contribution in [0.1, 0.15) is 6.92 Å². The van der Waals surface area contributed by atoms with Crippen LogP contribution in [0.15, 0.2) is 54.6 Å². The smallest absolute Gasteiger partial charge is 0.294 e. The maximum atomic E-state index is 11.7. The molecule has 0 unspecified atom stereocenters. The van der Waals surface area contributed by atoms with Crippen LogP contribution in [0.25, 0.3) is 0 Å². The van der Waals surface area contributed by atoms with E-state index in [1.54, 1.807) is 24.3 Å². The number of hydrazine groups is 2. The first-order valence-corrected chi connectivity index (χ1v) is 6.06. The van der Waals surface area contributed by atoms with Crippen LogP contribution < -0.4 is 15.7 Å². The van der Waals surface area contributed by atoms with Crippen molar-refractivity contribution in [3.8, 4) is 5.75 Å².